The van der Waals surface area contributed by atoms with Gasteiger partial charge in [0.1, 0.15) is 11.5 Å². The van der Waals surface area contributed by atoms with Gasteiger partial charge in [0.15, 0.2) is 5.69 Å². The Balaban J connectivity index is 1.55. The third kappa shape index (κ3) is 4.84. The van der Waals surface area contributed by atoms with Gasteiger partial charge in [-0.25, -0.2) is 9.07 Å². The van der Waals surface area contributed by atoms with Crippen molar-refractivity contribution in [3.05, 3.63) is 83.4 Å². The topological polar surface area (TPSA) is 102 Å². The number of amides is 2. The Labute approximate surface area is 184 Å². The zero-order valence-electron chi connectivity index (χ0n) is 17.4. The first-order chi connectivity index (χ1) is 15.5. The second-order valence-electron chi connectivity index (χ2n) is 7.46. The van der Waals surface area contributed by atoms with E-state index >= 15 is 0 Å². The highest BCUT2D eigenvalue weighted by atomic mass is 19.1. The summed E-state index contributed by atoms with van der Waals surface area (Å²) in [6.45, 7) is 2.73. The summed E-state index contributed by atoms with van der Waals surface area (Å²) < 4.78 is 20.6. The van der Waals surface area contributed by atoms with Gasteiger partial charge in [-0.1, -0.05) is 30.3 Å². The maximum atomic E-state index is 13.9. The average molecular weight is 437 g/mol. The molecule has 32 heavy (non-hydrogen) atoms. The predicted octanol–water partition coefficient (Wildman–Crippen LogP) is 1.91. The number of benzene rings is 2. The predicted molar refractivity (Wildman–Crippen MR) is 116 cm³/mol. The Morgan fingerprint density at radius 1 is 1.09 bits per heavy atom. The molecular weight excluding hydrogens is 413 g/mol. The molecular formula is C23H24FN5O3. The van der Waals surface area contributed by atoms with Gasteiger partial charge in [0, 0.05) is 25.7 Å². The van der Waals surface area contributed by atoms with Gasteiger partial charge in [-0.2, -0.15) is 5.10 Å². The molecule has 0 bridgehead atoms. The number of ether oxygens (including phenoxy) is 1. The largest absolute Gasteiger partial charge is 0.379 e. The number of aromatic nitrogens is 2. The summed E-state index contributed by atoms with van der Waals surface area (Å²) >= 11 is 0. The Morgan fingerprint density at radius 3 is 2.53 bits per heavy atom. The summed E-state index contributed by atoms with van der Waals surface area (Å²) in [5.74, 6) is -1.47. The lowest BCUT2D eigenvalue weighted by Gasteiger charge is -2.34. The number of hydrogen-bond donors (Lipinski definition) is 2. The normalized spacial score (nSPS) is 15.3. The SMILES string of the molecule is NC(=O)c1cc(C(=O)NCC(c2cccc(F)c2)N2CCOCC2)nn1-c1ccccc1. The van der Waals surface area contributed by atoms with Crippen molar-refractivity contribution in [2.45, 2.75) is 6.04 Å². The maximum Gasteiger partial charge on any atom is 0.271 e. The van der Waals surface area contributed by atoms with Gasteiger partial charge in [-0.05, 0) is 29.8 Å². The number of rotatable bonds is 7. The second kappa shape index (κ2) is 9.71. The minimum absolute atomic E-state index is 0.0719. The third-order valence-electron chi connectivity index (χ3n) is 5.37. The lowest BCUT2D eigenvalue weighted by atomic mass is 10.0. The van der Waals surface area contributed by atoms with Crippen molar-refractivity contribution in [2.75, 3.05) is 32.8 Å². The van der Waals surface area contributed by atoms with Gasteiger partial charge in [-0.15, -0.1) is 0 Å². The number of nitrogens with two attached hydrogens (primary N) is 1. The Morgan fingerprint density at radius 2 is 1.84 bits per heavy atom. The number of morpholine rings is 1. The van der Waals surface area contributed by atoms with Crippen LogP contribution in [0.1, 0.15) is 32.6 Å². The fraction of sp³-hybridized carbons (Fsp3) is 0.261. The van der Waals surface area contributed by atoms with E-state index in [2.05, 4.69) is 15.3 Å². The van der Waals surface area contributed by atoms with Gasteiger partial charge in [0.2, 0.25) is 0 Å². The van der Waals surface area contributed by atoms with Crippen molar-refractivity contribution in [2.24, 2.45) is 5.73 Å². The van der Waals surface area contributed by atoms with E-state index in [0.717, 1.165) is 5.56 Å². The van der Waals surface area contributed by atoms with Gasteiger partial charge in [-0.3, -0.25) is 14.5 Å². The molecule has 3 N–H and O–H groups in total. The molecule has 4 rings (SSSR count). The fourth-order valence-electron chi connectivity index (χ4n) is 3.77. The summed E-state index contributed by atoms with van der Waals surface area (Å²) in [6, 6.07) is 16.5. The van der Waals surface area contributed by atoms with Crippen LogP contribution in [-0.2, 0) is 4.74 Å². The molecule has 2 aromatic carbocycles. The molecule has 1 aliphatic heterocycles. The average Bonchev–Trinajstić information content (AvgIpc) is 3.27. The van der Waals surface area contributed by atoms with Crippen molar-refractivity contribution in [3.8, 4) is 5.69 Å². The first kappa shape index (κ1) is 21.7. The summed E-state index contributed by atoms with van der Waals surface area (Å²) in [7, 11) is 0. The molecule has 1 aromatic heterocycles. The van der Waals surface area contributed by atoms with Crippen LogP contribution in [0, 0.1) is 5.82 Å². The number of hydrogen-bond acceptors (Lipinski definition) is 5. The highest BCUT2D eigenvalue weighted by molar-refractivity contribution is 5.97. The van der Waals surface area contributed by atoms with Crippen LogP contribution in [0.5, 0.6) is 0 Å². The van der Waals surface area contributed by atoms with E-state index in [1.165, 1.54) is 22.9 Å². The van der Waals surface area contributed by atoms with E-state index in [1.54, 1.807) is 30.3 Å². The van der Waals surface area contributed by atoms with Crippen LogP contribution in [0.15, 0.2) is 60.7 Å². The highest BCUT2D eigenvalue weighted by Gasteiger charge is 2.25. The summed E-state index contributed by atoms with van der Waals surface area (Å²) in [5.41, 5.74) is 7.05. The van der Waals surface area contributed by atoms with Crippen molar-refractivity contribution < 1.29 is 18.7 Å². The van der Waals surface area contributed by atoms with E-state index in [-0.39, 0.29) is 29.8 Å². The van der Waals surface area contributed by atoms with Gasteiger partial charge < -0.3 is 15.8 Å². The zero-order valence-corrected chi connectivity index (χ0v) is 17.4. The molecule has 2 heterocycles. The number of nitrogens with one attached hydrogen (secondary N) is 1. The number of para-hydroxylation sites is 1. The molecule has 0 saturated carbocycles. The van der Waals surface area contributed by atoms with Crippen LogP contribution in [0.2, 0.25) is 0 Å². The Hall–Kier alpha value is -3.56. The number of nitrogens with zero attached hydrogens (tertiary/aromatic N) is 3. The van der Waals surface area contributed by atoms with Crippen LogP contribution in [0.25, 0.3) is 5.69 Å². The highest BCUT2D eigenvalue weighted by Crippen LogP contribution is 2.22. The fourth-order valence-corrected chi connectivity index (χ4v) is 3.77. The smallest absolute Gasteiger partial charge is 0.271 e. The van der Waals surface area contributed by atoms with E-state index in [1.807, 2.05) is 12.1 Å². The van der Waals surface area contributed by atoms with E-state index in [0.29, 0.717) is 32.0 Å². The second-order valence-corrected chi connectivity index (χ2v) is 7.46. The Kier molecular flexibility index (Phi) is 6.58. The standard InChI is InChI=1S/C23H24FN5O3/c24-17-6-4-5-16(13-17)21(28-9-11-32-12-10-28)15-26-23(31)19-14-20(22(25)30)29(27-19)18-7-2-1-3-8-18/h1-8,13-14,21H,9-12,15H2,(H2,25,30)(H,26,31). The van der Waals surface area contributed by atoms with Crippen molar-refractivity contribution in [3.63, 3.8) is 0 Å². The molecule has 166 valence electrons. The molecule has 0 spiro atoms. The van der Waals surface area contributed by atoms with Gasteiger partial charge in [0.05, 0.1) is 24.9 Å². The molecule has 1 fully saturated rings. The van der Waals surface area contributed by atoms with E-state index < -0.39 is 11.8 Å². The first-order valence-corrected chi connectivity index (χ1v) is 10.3. The van der Waals surface area contributed by atoms with Crippen LogP contribution >= 0.6 is 0 Å². The van der Waals surface area contributed by atoms with Crippen LogP contribution in [0.3, 0.4) is 0 Å². The summed E-state index contributed by atoms with van der Waals surface area (Å²) in [5, 5.41) is 7.16. The van der Waals surface area contributed by atoms with Crippen LogP contribution in [-0.4, -0.2) is 59.3 Å². The van der Waals surface area contributed by atoms with Crippen molar-refractivity contribution in [1.29, 1.82) is 0 Å². The summed E-state index contributed by atoms with van der Waals surface area (Å²) in [6.07, 6.45) is 0. The third-order valence-corrected chi connectivity index (χ3v) is 5.37. The molecule has 9 heteroatoms. The monoisotopic (exact) mass is 437 g/mol. The van der Waals surface area contributed by atoms with Crippen molar-refractivity contribution in [1.82, 2.24) is 20.0 Å². The first-order valence-electron chi connectivity index (χ1n) is 10.3. The molecule has 0 aliphatic carbocycles. The summed E-state index contributed by atoms with van der Waals surface area (Å²) in [4.78, 5) is 26.9. The number of primary amides is 1. The minimum atomic E-state index is -0.689. The molecule has 2 amide bonds. The minimum Gasteiger partial charge on any atom is -0.379 e. The lowest BCUT2D eigenvalue weighted by molar-refractivity contribution is 0.0161. The van der Waals surface area contributed by atoms with Crippen molar-refractivity contribution >= 4 is 11.8 Å². The van der Waals surface area contributed by atoms with Crippen LogP contribution < -0.4 is 11.1 Å². The molecule has 3 aromatic rings. The van der Waals surface area contributed by atoms with Gasteiger partial charge in [0.25, 0.3) is 11.8 Å². The zero-order chi connectivity index (χ0) is 22.5. The van der Waals surface area contributed by atoms with Crippen LogP contribution in [0.4, 0.5) is 4.39 Å². The molecule has 1 saturated heterocycles. The molecule has 8 nitrogen and oxygen atoms in total. The molecule has 1 aliphatic rings. The maximum absolute atomic E-state index is 13.9. The number of halogens is 1. The van der Waals surface area contributed by atoms with E-state index in [4.69, 9.17) is 10.5 Å². The lowest BCUT2D eigenvalue weighted by Crippen LogP contribution is -2.43. The molecule has 0 radical (unpaired) electrons. The molecule has 1 atom stereocenters. The molecule has 1 unspecified atom stereocenters. The van der Waals surface area contributed by atoms with Gasteiger partial charge >= 0.3 is 0 Å². The van der Waals surface area contributed by atoms with E-state index in [9.17, 15) is 14.0 Å². The number of carbonyl (C=O) groups is 2. The Bertz CT molecular complexity index is 1100. The quantitative estimate of drug-likeness (QED) is 0.588. The number of carbonyl (C=O) groups excluding carboxylic acids is 2.